The summed E-state index contributed by atoms with van der Waals surface area (Å²) >= 11 is 0. The van der Waals surface area contributed by atoms with Crippen LogP contribution in [0.4, 0.5) is 0 Å². The molecule has 1 saturated heterocycles. The summed E-state index contributed by atoms with van der Waals surface area (Å²) in [6.07, 6.45) is 0. The molecule has 27 heavy (non-hydrogen) atoms. The highest BCUT2D eigenvalue weighted by atomic mass is 127. The van der Waals surface area contributed by atoms with Crippen molar-refractivity contribution in [3.05, 3.63) is 34.9 Å². The van der Waals surface area contributed by atoms with E-state index in [1.165, 1.54) is 42.9 Å². The minimum absolute atomic E-state index is 0. The summed E-state index contributed by atoms with van der Waals surface area (Å²) in [6.45, 7) is 17.1. The van der Waals surface area contributed by atoms with E-state index in [1.54, 1.807) is 0 Å². The quantitative estimate of drug-likeness (QED) is 0.353. The fourth-order valence-electron chi connectivity index (χ4n) is 3.34. The van der Waals surface area contributed by atoms with Crippen LogP contribution in [0.3, 0.4) is 0 Å². The van der Waals surface area contributed by atoms with Crippen LogP contribution < -0.4 is 10.6 Å². The Kier molecular flexibility index (Phi) is 11.3. The molecule has 154 valence electrons. The molecule has 0 radical (unpaired) electrons. The molecule has 2 rings (SSSR count). The number of aryl methyl sites for hydroxylation is 2. The largest absolute Gasteiger partial charge is 0.357 e. The van der Waals surface area contributed by atoms with E-state index in [1.807, 2.05) is 0 Å². The average Bonchev–Trinajstić information content (AvgIpc) is 2.60. The Morgan fingerprint density at radius 1 is 1.15 bits per heavy atom. The number of hydrogen-bond acceptors (Lipinski definition) is 3. The number of hydrogen-bond donors (Lipinski definition) is 2. The summed E-state index contributed by atoms with van der Waals surface area (Å²) in [5, 5.41) is 6.89. The Morgan fingerprint density at radius 3 is 2.48 bits per heavy atom. The zero-order chi connectivity index (χ0) is 18.9. The first-order valence-electron chi connectivity index (χ1n) is 9.97. The molecule has 1 aromatic rings. The van der Waals surface area contributed by atoms with Crippen molar-refractivity contribution in [1.82, 2.24) is 20.4 Å². The molecule has 1 aromatic carbocycles. The van der Waals surface area contributed by atoms with Gasteiger partial charge in [0.15, 0.2) is 5.96 Å². The number of guanidine groups is 1. The van der Waals surface area contributed by atoms with Gasteiger partial charge in [-0.1, -0.05) is 30.7 Å². The van der Waals surface area contributed by atoms with Crippen LogP contribution in [-0.4, -0.2) is 68.6 Å². The maximum absolute atomic E-state index is 4.78. The second kappa shape index (κ2) is 12.6. The topological polar surface area (TPSA) is 42.9 Å². The molecule has 0 saturated carbocycles. The molecular weight excluding hydrogens is 449 g/mol. The fourth-order valence-corrected chi connectivity index (χ4v) is 3.34. The lowest BCUT2D eigenvalue weighted by Gasteiger charge is -2.34. The van der Waals surface area contributed by atoms with Gasteiger partial charge in [0, 0.05) is 45.8 Å². The van der Waals surface area contributed by atoms with Crippen molar-refractivity contribution >= 4 is 29.9 Å². The third-order valence-corrected chi connectivity index (χ3v) is 5.03. The third-order valence-electron chi connectivity index (χ3n) is 5.03. The Labute approximate surface area is 183 Å². The molecule has 1 aliphatic heterocycles. The zero-order valence-electron chi connectivity index (χ0n) is 17.7. The molecule has 1 atom stereocenters. The van der Waals surface area contributed by atoms with Crippen LogP contribution in [0.1, 0.15) is 30.5 Å². The van der Waals surface area contributed by atoms with Crippen LogP contribution in [0.2, 0.25) is 0 Å². The average molecular weight is 487 g/mol. The zero-order valence-corrected chi connectivity index (χ0v) is 20.0. The van der Waals surface area contributed by atoms with Crippen molar-refractivity contribution in [2.24, 2.45) is 10.9 Å². The van der Waals surface area contributed by atoms with Crippen LogP contribution >= 0.6 is 24.0 Å². The van der Waals surface area contributed by atoms with E-state index in [0.717, 1.165) is 25.6 Å². The summed E-state index contributed by atoms with van der Waals surface area (Å²) in [7, 11) is 2.21. The molecule has 1 unspecified atom stereocenters. The van der Waals surface area contributed by atoms with E-state index in [-0.39, 0.29) is 24.0 Å². The lowest BCUT2D eigenvalue weighted by Crippen LogP contribution is -2.47. The summed E-state index contributed by atoms with van der Waals surface area (Å²) in [5.74, 6) is 1.51. The Morgan fingerprint density at radius 2 is 1.85 bits per heavy atom. The van der Waals surface area contributed by atoms with Crippen molar-refractivity contribution < 1.29 is 0 Å². The van der Waals surface area contributed by atoms with E-state index in [2.05, 4.69) is 73.4 Å². The third kappa shape index (κ3) is 8.79. The van der Waals surface area contributed by atoms with Gasteiger partial charge in [0.25, 0.3) is 0 Å². The highest BCUT2D eigenvalue weighted by Gasteiger charge is 2.16. The molecule has 5 nitrogen and oxygen atoms in total. The van der Waals surface area contributed by atoms with Gasteiger partial charge in [-0.25, -0.2) is 4.99 Å². The van der Waals surface area contributed by atoms with Crippen molar-refractivity contribution in [3.63, 3.8) is 0 Å². The van der Waals surface area contributed by atoms with Gasteiger partial charge in [-0.15, -0.1) is 24.0 Å². The molecule has 0 aromatic heterocycles. The summed E-state index contributed by atoms with van der Waals surface area (Å²) in [6, 6.07) is 6.58. The second-order valence-corrected chi connectivity index (χ2v) is 7.72. The first-order valence-corrected chi connectivity index (χ1v) is 9.97. The molecule has 6 heteroatoms. The number of nitrogens with zero attached hydrogens (tertiary/aromatic N) is 3. The highest BCUT2D eigenvalue weighted by molar-refractivity contribution is 14.0. The van der Waals surface area contributed by atoms with Crippen molar-refractivity contribution in [3.8, 4) is 0 Å². The summed E-state index contributed by atoms with van der Waals surface area (Å²) in [4.78, 5) is 9.76. The monoisotopic (exact) mass is 487 g/mol. The van der Waals surface area contributed by atoms with E-state index < -0.39 is 0 Å². The van der Waals surface area contributed by atoms with Gasteiger partial charge in [0.05, 0.1) is 6.54 Å². The molecular formula is C21H38IN5. The first-order chi connectivity index (χ1) is 12.5. The van der Waals surface area contributed by atoms with Crippen LogP contribution in [0.5, 0.6) is 0 Å². The number of piperazine rings is 1. The predicted molar refractivity (Wildman–Crippen MR) is 127 cm³/mol. The van der Waals surface area contributed by atoms with Gasteiger partial charge in [-0.05, 0) is 44.9 Å². The standard InChI is InChI=1S/C21H37N5.HI/c1-6-22-21(24-15-20-8-7-17(2)13-19(20)4)23-14-18(3)16-26-11-9-25(5)10-12-26;/h7-8,13,18H,6,9-12,14-16H2,1-5H3,(H2,22,23,24);1H. The molecule has 0 amide bonds. The number of likely N-dealkylation sites (N-methyl/N-ethyl adjacent to an activating group) is 1. The van der Waals surface area contributed by atoms with E-state index in [0.29, 0.717) is 12.5 Å². The summed E-state index contributed by atoms with van der Waals surface area (Å²) < 4.78 is 0. The van der Waals surface area contributed by atoms with Gasteiger partial charge in [0.2, 0.25) is 0 Å². The van der Waals surface area contributed by atoms with Gasteiger partial charge < -0.3 is 20.4 Å². The molecule has 1 fully saturated rings. The van der Waals surface area contributed by atoms with Gasteiger partial charge in [-0.3, -0.25) is 0 Å². The highest BCUT2D eigenvalue weighted by Crippen LogP contribution is 2.11. The molecule has 1 heterocycles. The van der Waals surface area contributed by atoms with Gasteiger partial charge in [0.1, 0.15) is 0 Å². The van der Waals surface area contributed by atoms with Gasteiger partial charge >= 0.3 is 0 Å². The molecule has 0 aliphatic carbocycles. The van der Waals surface area contributed by atoms with E-state index in [4.69, 9.17) is 4.99 Å². The van der Waals surface area contributed by atoms with Crippen molar-refractivity contribution in [2.45, 2.75) is 34.2 Å². The van der Waals surface area contributed by atoms with Crippen molar-refractivity contribution in [2.75, 3.05) is 52.9 Å². The number of rotatable bonds is 7. The normalized spacial score (nSPS) is 17.3. The first kappa shape index (κ1) is 24.2. The lowest BCUT2D eigenvalue weighted by molar-refractivity contribution is 0.139. The maximum Gasteiger partial charge on any atom is 0.191 e. The van der Waals surface area contributed by atoms with Gasteiger partial charge in [-0.2, -0.15) is 0 Å². The van der Waals surface area contributed by atoms with Crippen LogP contribution in [0.25, 0.3) is 0 Å². The predicted octanol–water partition coefficient (Wildman–Crippen LogP) is 2.86. The number of benzene rings is 1. The van der Waals surface area contributed by atoms with E-state index >= 15 is 0 Å². The minimum Gasteiger partial charge on any atom is -0.357 e. The summed E-state index contributed by atoms with van der Waals surface area (Å²) in [5.41, 5.74) is 3.91. The minimum atomic E-state index is 0. The van der Waals surface area contributed by atoms with Crippen LogP contribution in [0.15, 0.2) is 23.2 Å². The van der Waals surface area contributed by atoms with Crippen LogP contribution in [-0.2, 0) is 6.54 Å². The molecule has 0 spiro atoms. The second-order valence-electron chi connectivity index (χ2n) is 7.72. The van der Waals surface area contributed by atoms with E-state index in [9.17, 15) is 0 Å². The SMILES string of the molecule is CCNC(=NCc1ccc(C)cc1C)NCC(C)CN1CCN(C)CC1.I. The fraction of sp³-hybridized carbons (Fsp3) is 0.667. The number of halogens is 1. The lowest BCUT2D eigenvalue weighted by atomic mass is 10.1. The number of nitrogens with one attached hydrogen (secondary N) is 2. The number of aliphatic imine (C=N–C) groups is 1. The Balaban J connectivity index is 0.00000364. The Hall–Kier alpha value is -0.860. The molecule has 1 aliphatic rings. The molecule has 2 N–H and O–H groups in total. The van der Waals surface area contributed by atoms with Crippen LogP contribution in [0, 0.1) is 19.8 Å². The van der Waals surface area contributed by atoms with Crippen molar-refractivity contribution in [1.29, 1.82) is 0 Å². The maximum atomic E-state index is 4.78. The Bertz CT molecular complexity index is 582. The smallest absolute Gasteiger partial charge is 0.191 e. The molecule has 0 bridgehead atoms.